The van der Waals surface area contributed by atoms with Crippen molar-refractivity contribution in [3.63, 3.8) is 0 Å². The fourth-order valence-electron chi connectivity index (χ4n) is 3.84. The summed E-state index contributed by atoms with van der Waals surface area (Å²) in [5.41, 5.74) is 3.74. The number of rotatable bonds is 6. The molecule has 0 saturated carbocycles. The minimum Gasteiger partial charge on any atom is -0.480 e. The van der Waals surface area contributed by atoms with Gasteiger partial charge in [-0.25, -0.2) is 4.98 Å². The molecule has 2 aromatic heterocycles. The molecule has 8 heteroatoms. The van der Waals surface area contributed by atoms with E-state index in [4.69, 9.17) is 14.7 Å². The smallest absolute Gasteiger partial charge is 0.252 e. The number of hydrogen-bond acceptors (Lipinski definition) is 6. The summed E-state index contributed by atoms with van der Waals surface area (Å²) in [7, 11) is 1.57. The first-order valence-corrected chi connectivity index (χ1v) is 10.6. The quantitative estimate of drug-likeness (QED) is 0.642. The summed E-state index contributed by atoms with van der Waals surface area (Å²) >= 11 is 0. The Balaban J connectivity index is 1.52. The van der Waals surface area contributed by atoms with Crippen LogP contribution in [0.25, 0.3) is 16.9 Å². The minimum absolute atomic E-state index is 0.0809. The Morgan fingerprint density at radius 3 is 2.81 bits per heavy atom. The van der Waals surface area contributed by atoms with Crippen molar-refractivity contribution < 1.29 is 14.3 Å². The average Bonchev–Trinajstić information content (AvgIpc) is 3.27. The third-order valence-electron chi connectivity index (χ3n) is 5.56. The maximum atomic E-state index is 12.5. The van der Waals surface area contributed by atoms with Gasteiger partial charge in [-0.2, -0.15) is 15.0 Å². The number of nitriles is 1. The molecule has 1 saturated heterocycles. The molecule has 3 heterocycles. The number of carbonyl (C=O) groups excluding carboxylic acids is 1. The van der Waals surface area contributed by atoms with Crippen LogP contribution in [-0.2, 0) is 4.74 Å². The van der Waals surface area contributed by atoms with E-state index in [1.165, 1.54) is 6.20 Å². The molecule has 1 amide bonds. The van der Waals surface area contributed by atoms with Crippen molar-refractivity contribution in [1.29, 1.82) is 5.26 Å². The topological polar surface area (TPSA) is 102 Å². The number of nitrogens with zero attached hydrogens (tertiary/aromatic N) is 4. The van der Waals surface area contributed by atoms with Crippen LogP contribution in [0.1, 0.15) is 40.7 Å². The van der Waals surface area contributed by atoms with E-state index in [1.807, 2.05) is 19.1 Å². The van der Waals surface area contributed by atoms with Crippen molar-refractivity contribution in [3.8, 4) is 28.9 Å². The highest BCUT2D eigenvalue weighted by molar-refractivity contribution is 5.94. The molecule has 1 unspecified atom stereocenters. The highest BCUT2D eigenvalue weighted by Crippen LogP contribution is 2.33. The van der Waals surface area contributed by atoms with Crippen molar-refractivity contribution in [1.82, 2.24) is 20.1 Å². The second-order valence-electron chi connectivity index (χ2n) is 7.72. The number of benzene rings is 1. The number of aromatic nitrogens is 3. The van der Waals surface area contributed by atoms with E-state index in [9.17, 15) is 4.79 Å². The first-order valence-electron chi connectivity index (χ1n) is 10.6. The van der Waals surface area contributed by atoms with Crippen LogP contribution in [-0.4, -0.2) is 47.0 Å². The fraction of sp³-hybridized carbons (Fsp3) is 0.333. The molecule has 164 valence electrons. The normalized spacial score (nSPS) is 15.7. The van der Waals surface area contributed by atoms with Crippen LogP contribution in [0.2, 0.25) is 0 Å². The Bertz CT molecular complexity index is 1140. The lowest BCUT2D eigenvalue weighted by molar-refractivity contribution is 0.0169. The van der Waals surface area contributed by atoms with Gasteiger partial charge in [-0.15, -0.1) is 0 Å². The van der Waals surface area contributed by atoms with E-state index in [0.29, 0.717) is 29.4 Å². The van der Waals surface area contributed by atoms with Crippen molar-refractivity contribution in [2.75, 3.05) is 20.3 Å². The van der Waals surface area contributed by atoms with Crippen molar-refractivity contribution in [3.05, 3.63) is 59.4 Å². The maximum Gasteiger partial charge on any atom is 0.252 e. The zero-order valence-corrected chi connectivity index (χ0v) is 18.2. The van der Waals surface area contributed by atoms with E-state index in [2.05, 4.69) is 21.5 Å². The molecule has 4 rings (SSSR count). The van der Waals surface area contributed by atoms with Gasteiger partial charge in [0.25, 0.3) is 5.91 Å². The largest absolute Gasteiger partial charge is 0.480 e. The molecule has 8 nitrogen and oxygen atoms in total. The van der Waals surface area contributed by atoms with Gasteiger partial charge >= 0.3 is 0 Å². The summed E-state index contributed by atoms with van der Waals surface area (Å²) in [6.45, 7) is 3.20. The predicted octanol–water partition coefficient (Wildman–Crippen LogP) is 3.42. The molecule has 0 radical (unpaired) electrons. The van der Waals surface area contributed by atoms with Gasteiger partial charge in [0.1, 0.15) is 0 Å². The molecule has 3 aromatic rings. The van der Waals surface area contributed by atoms with Crippen LogP contribution in [0.15, 0.2) is 42.7 Å². The third kappa shape index (κ3) is 4.48. The Morgan fingerprint density at radius 2 is 2.16 bits per heavy atom. The number of aryl methyl sites for hydroxylation is 1. The maximum absolute atomic E-state index is 12.5. The van der Waals surface area contributed by atoms with Crippen molar-refractivity contribution in [2.24, 2.45) is 0 Å². The first-order chi connectivity index (χ1) is 15.6. The lowest BCUT2D eigenvalue weighted by atomic mass is 10.0. The van der Waals surface area contributed by atoms with Gasteiger partial charge < -0.3 is 14.8 Å². The SMILES string of the molecule is COc1c(-c2ccc(C#N)cc2C)cnn1-c1ccc(C(=O)NCC2CCCCO2)cn1. The molecule has 1 aliphatic heterocycles. The van der Waals surface area contributed by atoms with Gasteiger partial charge in [0.05, 0.1) is 42.2 Å². The Hall–Kier alpha value is -3.70. The van der Waals surface area contributed by atoms with Gasteiger partial charge in [-0.1, -0.05) is 6.07 Å². The molecular formula is C24H25N5O3. The van der Waals surface area contributed by atoms with Crippen LogP contribution in [0.3, 0.4) is 0 Å². The van der Waals surface area contributed by atoms with Crippen LogP contribution in [0.4, 0.5) is 0 Å². The number of amides is 1. The van der Waals surface area contributed by atoms with Gasteiger partial charge in [0.15, 0.2) is 5.82 Å². The molecule has 0 aliphatic carbocycles. The Kier molecular flexibility index (Phi) is 6.47. The molecule has 0 bridgehead atoms. The highest BCUT2D eigenvalue weighted by Gasteiger charge is 2.19. The standard InChI is InChI=1S/C24H25N5O3/c1-16-11-17(12-25)6-8-20(16)21-15-28-29(24(21)31-2)22-9-7-18(13-26-22)23(30)27-14-19-5-3-4-10-32-19/h6-9,11,13,15,19H,3-5,10,14H2,1-2H3,(H,27,30). The summed E-state index contributed by atoms with van der Waals surface area (Å²) in [4.78, 5) is 16.9. The lowest BCUT2D eigenvalue weighted by Gasteiger charge is -2.22. The minimum atomic E-state index is -0.181. The number of carbonyl (C=O) groups is 1. The fourth-order valence-corrected chi connectivity index (χ4v) is 3.84. The number of pyridine rings is 1. The molecule has 1 aliphatic rings. The summed E-state index contributed by atoms with van der Waals surface area (Å²) in [6.07, 6.45) is 6.50. The Morgan fingerprint density at radius 1 is 1.28 bits per heavy atom. The number of ether oxygens (including phenoxy) is 2. The molecule has 1 N–H and O–H groups in total. The Labute approximate surface area is 186 Å². The molecule has 1 aromatic carbocycles. The second-order valence-corrected chi connectivity index (χ2v) is 7.72. The van der Waals surface area contributed by atoms with Gasteiger partial charge in [-0.3, -0.25) is 4.79 Å². The molecule has 0 spiro atoms. The summed E-state index contributed by atoms with van der Waals surface area (Å²) in [6, 6.07) is 11.1. The van der Waals surface area contributed by atoms with Crippen molar-refractivity contribution in [2.45, 2.75) is 32.3 Å². The van der Waals surface area contributed by atoms with Gasteiger partial charge in [0, 0.05) is 19.3 Å². The number of hydrogen-bond donors (Lipinski definition) is 1. The van der Waals surface area contributed by atoms with Crippen LogP contribution >= 0.6 is 0 Å². The highest BCUT2D eigenvalue weighted by atomic mass is 16.5. The average molecular weight is 431 g/mol. The molecule has 1 fully saturated rings. The molecule has 32 heavy (non-hydrogen) atoms. The van der Waals surface area contributed by atoms with Crippen molar-refractivity contribution >= 4 is 5.91 Å². The third-order valence-corrected chi connectivity index (χ3v) is 5.56. The van der Waals surface area contributed by atoms with E-state index in [1.54, 1.807) is 36.2 Å². The zero-order chi connectivity index (χ0) is 22.5. The van der Waals surface area contributed by atoms with E-state index in [0.717, 1.165) is 42.6 Å². The lowest BCUT2D eigenvalue weighted by Crippen LogP contribution is -2.35. The monoisotopic (exact) mass is 431 g/mol. The first kappa shape index (κ1) is 21.5. The van der Waals surface area contributed by atoms with E-state index in [-0.39, 0.29) is 12.0 Å². The molecule has 1 atom stereocenters. The molecular weight excluding hydrogens is 406 g/mol. The summed E-state index contributed by atoms with van der Waals surface area (Å²) in [5, 5.41) is 16.5. The number of nitrogens with one attached hydrogen (secondary N) is 1. The van der Waals surface area contributed by atoms with E-state index >= 15 is 0 Å². The zero-order valence-electron chi connectivity index (χ0n) is 18.2. The predicted molar refractivity (Wildman–Crippen MR) is 119 cm³/mol. The summed E-state index contributed by atoms with van der Waals surface area (Å²) < 4.78 is 12.9. The van der Waals surface area contributed by atoms with Crippen LogP contribution < -0.4 is 10.1 Å². The van der Waals surface area contributed by atoms with Gasteiger partial charge in [0.2, 0.25) is 5.88 Å². The van der Waals surface area contributed by atoms with E-state index < -0.39 is 0 Å². The van der Waals surface area contributed by atoms with Crippen LogP contribution in [0, 0.1) is 18.3 Å². The summed E-state index contributed by atoms with van der Waals surface area (Å²) in [5.74, 6) is 0.878. The number of methoxy groups -OCH3 is 1. The van der Waals surface area contributed by atoms with Crippen LogP contribution in [0.5, 0.6) is 5.88 Å². The van der Waals surface area contributed by atoms with Gasteiger partial charge in [-0.05, 0) is 61.6 Å². The second kappa shape index (κ2) is 9.62.